The average molecular weight is 273 g/mol. The Morgan fingerprint density at radius 3 is 2.55 bits per heavy atom. The van der Waals surface area contributed by atoms with Crippen LogP contribution >= 0.6 is 0 Å². The molecule has 0 heterocycles. The van der Waals surface area contributed by atoms with Gasteiger partial charge in [-0.1, -0.05) is 18.2 Å². The number of carbonyl (C=O) groups is 1. The maximum atomic E-state index is 13.9. The van der Waals surface area contributed by atoms with Crippen LogP contribution < -0.4 is 16.4 Å². The van der Waals surface area contributed by atoms with Gasteiger partial charge in [-0.3, -0.25) is 4.79 Å². The van der Waals surface area contributed by atoms with Crippen molar-refractivity contribution >= 4 is 17.3 Å². The van der Waals surface area contributed by atoms with Crippen molar-refractivity contribution in [2.45, 2.75) is 6.54 Å². The summed E-state index contributed by atoms with van der Waals surface area (Å²) in [5.74, 6) is -1.10. The minimum absolute atomic E-state index is 0.160. The number of nitrogen functional groups attached to an aromatic ring is 1. The van der Waals surface area contributed by atoms with Crippen LogP contribution in [0.3, 0.4) is 0 Å². The zero-order chi connectivity index (χ0) is 14.7. The Hall–Kier alpha value is -2.56. The molecule has 2 aromatic carbocycles. The van der Waals surface area contributed by atoms with Crippen LogP contribution in [-0.2, 0) is 6.54 Å². The van der Waals surface area contributed by atoms with Crippen LogP contribution in [-0.4, -0.2) is 13.0 Å². The second kappa shape index (κ2) is 5.61. The Bertz CT molecular complexity index is 643. The summed E-state index contributed by atoms with van der Waals surface area (Å²) in [4.78, 5) is 12.8. The van der Waals surface area contributed by atoms with Gasteiger partial charge in [0.1, 0.15) is 5.82 Å². The van der Waals surface area contributed by atoms with Crippen molar-refractivity contribution in [2.75, 3.05) is 17.7 Å². The third-order valence-corrected chi connectivity index (χ3v) is 3.09. The van der Waals surface area contributed by atoms with Gasteiger partial charge in [0.05, 0.1) is 11.4 Å². The molecule has 0 bridgehead atoms. The van der Waals surface area contributed by atoms with Gasteiger partial charge in [-0.05, 0) is 24.3 Å². The maximum Gasteiger partial charge on any atom is 0.248 e. The minimum atomic E-state index is -0.642. The summed E-state index contributed by atoms with van der Waals surface area (Å²) in [5, 5.41) is 0. The molecule has 4 N–H and O–H groups in total. The molecule has 1 amide bonds. The lowest BCUT2D eigenvalue weighted by Crippen LogP contribution is -2.19. The fourth-order valence-corrected chi connectivity index (χ4v) is 2.00. The third-order valence-electron chi connectivity index (χ3n) is 3.09. The molecule has 0 aliphatic heterocycles. The molecule has 0 saturated heterocycles. The highest BCUT2D eigenvalue weighted by molar-refractivity contribution is 5.92. The predicted octanol–water partition coefficient (Wildman–Crippen LogP) is 2.14. The molecule has 5 heteroatoms. The van der Waals surface area contributed by atoms with E-state index in [1.807, 2.05) is 30.1 Å². The first-order valence-corrected chi connectivity index (χ1v) is 6.13. The van der Waals surface area contributed by atoms with Crippen LogP contribution in [0.1, 0.15) is 15.9 Å². The summed E-state index contributed by atoms with van der Waals surface area (Å²) in [6.07, 6.45) is 0. The third kappa shape index (κ3) is 2.88. The largest absolute Gasteiger partial charge is 0.397 e. The summed E-state index contributed by atoms with van der Waals surface area (Å²) in [6.45, 7) is 0.346. The second-order valence-electron chi connectivity index (χ2n) is 4.59. The summed E-state index contributed by atoms with van der Waals surface area (Å²) < 4.78 is 13.9. The first kappa shape index (κ1) is 13.9. The summed E-state index contributed by atoms with van der Waals surface area (Å²) in [6, 6.07) is 11.6. The summed E-state index contributed by atoms with van der Waals surface area (Å²) >= 11 is 0. The highest BCUT2D eigenvalue weighted by Gasteiger charge is 2.10. The molecule has 0 atom stereocenters. The topological polar surface area (TPSA) is 72.3 Å². The molecule has 0 aliphatic carbocycles. The van der Waals surface area contributed by atoms with Crippen LogP contribution in [0.4, 0.5) is 15.8 Å². The van der Waals surface area contributed by atoms with Crippen molar-refractivity contribution in [3.8, 4) is 0 Å². The van der Waals surface area contributed by atoms with E-state index in [-0.39, 0.29) is 5.56 Å². The number of hydrogen-bond donors (Lipinski definition) is 2. The van der Waals surface area contributed by atoms with E-state index in [1.165, 1.54) is 6.07 Å². The van der Waals surface area contributed by atoms with Gasteiger partial charge in [0.25, 0.3) is 0 Å². The summed E-state index contributed by atoms with van der Waals surface area (Å²) in [7, 11) is 1.83. The average Bonchev–Trinajstić information content (AvgIpc) is 2.41. The number of halogens is 1. The Labute approximate surface area is 116 Å². The van der Waals surface area contributed by atoms with Crippen molar-refractivity contribution in [2.24, 2.45) is 5.73 Å². The fourth-order valence-electron chi connectivity index (χ4n) is 2.00. The molecule has 0 aliphatic rings. The van der Waals surface area contributed by atoms with Crippen LogP contribution in [0, 0.1) is 5.82 Å². The van der Waals surface area contributed by atoms with E-state index in [4.69, 9.17) is 11.5 Å². The van der Waals surface area contributed by atoms with Gasteiger partial charge in [-0.2, -0.15) is 0 Å². The lowest BCUT2D eigenvalue weighted by Gasteiger charge is -2.21. The molecule has 2 rings (SSSR count). The molecule has 104 valence electrons. The second-order valence-corrected chi connectivity index (χ2v) is 4.59. The molecule has 0 unspecified atom stereocenters. The lowest BCUT2D eigenvalue weighted by atomic mass is 10.1. The molecule has 0 saturated carbocycles. The monoisotopic (exact) mass is 273 g/mol. The Morgan fingerprint density at radius 1 is 1.25 bits per heavy atom. The van der Waals surface area contributed by atoms with Gasteiger partial charge in [-0.25, -0.2) is 4.39 Å². The highest BCUT2D eigenvalue weighted by atomic mass is 19.1. The van der Waals surface area contributed by atoms with E-state index in [1.54, 1.807) is 12.1 Å². The number of rotatable bonds is 4. The van der Waals surface area contributed by atoms with Gasteiger partial charge >= 0.3 is 0 Å². The Kier molecular flexibility index (Phi) is 3.89. The van der Waals surface area contributed by atoms with E-state index in [0.717, 1.165) is 11.8 Å². The zero-order valence-corrected chi connectivity index (χ0v) is 11.1. The number of amides is 1. The van der Waals surface area contributed by atoms with Gasteiger partial charge in [0.15, 0.2) is 0 Å². The van der Waals surface area contributed by atoms with Crippen LogP contribution in [0.15, 0.2) is 42.5 Å². The smallest absolute Gasteiger partial charge is 0.248 e. The number of primary amides is 1. The summed E-state index contributed by atoms with van der Waals surface area (Å²) in [5.41, 5.74) is 13.1. The van der Waals surface area contributed by atoms with E-state index < -0.39 is 11.7 Å². The highest BCUT2D eigenvalue weighted by Crippen LogP contribution is 2.23. The van der Waals surface area contributed by atoms with Crippen LogP contribution in [0.5, 0.6) is 0 Å². The van der Waals surface area contributed by atoms with Gasteiger partial charge in [0.2, 0.25) is 5.91 Å². The van der Waals surface area contributed by atoms with Crippen molar-refractivity contribution in [3.05, 3.63) is 59.4 Å². The maximum absolute atomic E-state index is 13.9. The molecule has 0 fully saturated rings. The number of nitrogens with zero attached hydrogens (tertiary/aromatic N) is 1. The molecule has 20 heavy (non-hydrogen) atoms. The fraction of sp³-hybridized carbons (Fsp3) is 0.133. The quantitative estimate of drug-likeness (QED) is 0.838. The lowest BCUT2D eigenvalue weighted by molar-refractivity contribution is 0.1000. The molecule has 2 aromatic rings. The van der Waals surface area contributed by atoms with Crippen molar-refractivity contribution < 1.29 is 9.18 Å². The molecule has 0 spiro atoms. The minimum Gasteiger partial charge on any atom is -0.397 e. The van der Waals surface area contributed by atoms with E-state index >= 15 is 0 Å². The molecular weight excluding hydrogens is 257 g/mol. The van der Waals surface area contributed by atoms with Gasteiger partial charge in [0, 0.05) is 24.7 Å². The number of para-hydroxylation sites is 2. The van der Waals surface area contributed by atoms with Gasteiger partial charge in [-0.15, -0.1) is 0 Å². The van der Waals surface area contributed by atoms with E-state index in [2.05, 4.69) is 0 Å². The van der Waals surface area contributed by atoms with Crippen molar-refractivity contribution in [1.82, 2.24) is 0 Å². The SMILES string of the molecule is CN(Cc1ccc(C(N)=O)cc1F)c1ccccc1N. The zero-order valence-electron chi connectivity index (χ0n) is 11.1. The first-order valence-electron chi connectivity index (χ1n) is 6.13. The predicted molar refractivity (Wildman–Crippen MR) is 77.9 cm³/mol. The van der Waals surface area contributed by atoms with E-state index in [9.17, 15) is 9.18 Å². The normalized spacial score (nSPS) is 10.3. The number of carbonyl (C=O) groups excluding carboxylic acids is 1. The first-order chi connectivity index (χ1) is 9.49. The number of anilines is 2. The van der Waals surface area contributed by atoms with Crippen LogP contribution in [0.2, 0.25) is 0 Å². The van der Waals surface area contributed by atoms with Crippen molar-refractivity contribution in [3.63, 3.8) is 0 Å². The van der Waals surface area contributed by atoms with E-state index in [0.29, 0.717) is 17.8 Å². The molecule has 0 radical (unpaired) electrons. The number of benzene rings is 2. The Morgan fingerprint density at radius 2 is 1.95 bits per heavy atom. The van der Waals surface area contributed by atoms with Crippen LogP contribution in [0.25, 0.3) is 0 Å². The number of hydrogen-bond acceptors (Lipinski definition) is 3. The van der Waals surface area contributed by atoms with Crippen molar-refractivity contribution in [1.29, 1.82) is 0 Å². The Balaban J connectivity index is 2.22. The molecular formula is C15H16FN3O. The standard InChI is InChI=1S/C15H16FN3O/c1-19(14-5-3-2-4-13(14)17)9-11-7-6-10(15(18)20)8-12(11)16/h2-8H,9,17H2,1H3,(H2,18,20). The number of nitrogens with two attached hydrogens (primary N) is 2. The van der Waals surface area contributed by atoms with Gasteiger partial charge < -0.3 is 16.4 Å². The molecule has 4 nitrogen and oxygen atoms in total. The molecule has 0 aromatic heterocycles.